The summed E-state index contributed by atoms with van der Waals surface area (Å²) in [5.74, 6) is -0.689. The van der Waals surface area contributed by atoms with E-state index >= 15 is 0 Å². The van der Waals surface area contributed by atoms with E-state index in [0.29, 0.717) is 0 Å². The topological polar surface area (TPSA) is 87.0 Å². The fourth-order valence-electron chi connectivity index (χ4n) is 0.941. The van der Waals surface area contributed by atoms with Crippen molar-refractivity contribution in [2.45, 2.75) is 6.10 Å². The van der Waals surface area contributed by atoms with E-state index in [0.717, 1.165) is 0 Å². The number of carbonyl (C=O) groups excluding carboxylic acids is 1. The van der Waals surface area contributed by atoms with Gasteiger partial charge in [0.05, 0.1) is 12.2 Å². The highest BCUT2D eigenvalue weighted by atomic mass is 16.5. The SMILES string of the molecule is O=C(OC[C@H](O)CO)c1cccc(O)c1. The molecule has 5 nitrogen and oxygen atoms in total. The Bertz CT molecular complexity index is 336. The van der Waals surface area contributed by atoms with Crippen LogP contribution in [0, 0.1) is 0 Å². The highest BCUT2D eigenvalue weighted by molar-refractivity contribution is 5.89. The monoisotopic (exact) mass is 212 g/mol. The predicted molar refractivity (Wildman–Crippen MR) is 51.5 cm³/mol. The Morgan fingerprint density at radius 2 is 2.20 bits per heavy atom. The summed E-state index contributed by atoms with van der Waals surface area (Å²) in [4.78, 5) is 11.3. The van der Waals surface area contributed by atoms with Crippen LogP contribution in [-0.2, 0) is 4.74 Å². The summed E-state index contributed by atoms with van der Waals surface area (Å²) >= 11 is 0. The van der Waals surface area contributed by atoms with Crippen molar-refractivity contribution >= 4 is 5.97 Å². The van der Waals surface area contributed by atoms with Gasteiger partial charge in [-0.3, -0.25) is 0 Å². The minimum Gasteiger partial charge on any atom is -0.508 e. The summed E-state index contributed by atoms with van der Waals surface area (Å²) in [5.41, 5.74) is 0.195. The quantitative estimate of drug-likeness (QED) is 0.607. The lowest BCUT2D eigenvalue weighted by Gasteiger charge is -2.08. The Morgan fingerprint density at radius 1 is 1.47 bits per heavy atom. The van der Waals surface area contributed by atoms with Crippen molar-refractivity contribution in [3.63, 3.8) is 0 Å². The molecule has 1 atom stereocenters. The molecule has 0 heterocycles. The molecule has 0 bridgehead atoms. The molecular weight excluding hydrogens is 200 g/mol. The second-order valence-electron chi connectivity index (χ2n) is 2.99. The van der Waals surface area contributed by atoms with Crippen LogP contribution in [0.3, 0.4) is 0 Å². The van der Waals surface area contributed by atoms with Gasteiger partial charge in [-0.05, 0) is 18.2 Å². The first kappa shape index (κ1) is 11.5. The smallest absolute Gasteiger partial charge is 0.338 e. The normalized spacial score (nSPS) is 12.1. The summed E-state index contributed by atoms with van der Waals surface area (Å²) in [6.45, 7) is -0.738. The van der Waals surface area contributed by atoms with Crippen LogP contribution in [0.2, 0.25) is 0 Å². The molecule has 0 aliphatic rings. The number of aliphatic hydroxyl groups excluding tert-OH is 2. The van der Waals surface area contributed by atoms with Crippen LogP contribution in [0.4, 0.5) is 0 Å². The Labute approximate surface area is 86.5 Å². The number of benzene rings is 1. The summed E-state index contributed by atoms with van der Waals surface area (Å²) in [7, 11) is 0. The number of phenols is 1. The van der Waals surface area contributed by atoms with Crippen LogP contribution in [0.1, 0.15) is 10.4 Å². The van der Waals surface area contributed by atoms with Crippen molar-refractivity contribution in [2.24, 2.45) is 0 Å². The van der Waals surface area contributed by atoms with E-state index in [1.54, 1.807) is 0 Å². The molecule has 1 aromatic carbocycles. The zero-order valence-corrected chi connectivity index (χ0v) is 7.96. The molecule has 0 saturated carbocycles. The largest absolute Gasteiger partial charge is 0.508 e. The first-order chi connectivity index (χ1) is 7.13. The van der Waals surface area contributed by atoms with Crippen LogP contribution >= 0.6 is 0 Å². The molecule has 0 amide bonds. The number of phenolic OH excluding ortho intramolecular Hbond substituents is 1. The van der Waals surface area contributed by atoms with Gasteiger partial charge >= 0.3 is 5.97 Å². The lowest BCUT2D eigenvalue weighted by atomic mass is 10.2. The van der Waals surface area contributed by atoms with E-state index in [-0.39, 0.29) is 17.9 Å². The van der Waals surface area contributed by atoms with Crippen LogP contribution in [-0.4, -0.2) is 40.6 Å². The van der Waals surface area contributed by atoms with E-state index in [4.69, 9.17) is 15.3 Å². The summed E-state index contributed by atoms with van der Waals surface area (Å²) < 4.78 is 4.68. The number of aliphatic hydroxyl groups is 2. The van der Waals surface area contributed by atoms with E-state index in [1.807, 2.05) is 0 Å². The van der Waals surface area contributed by atoms with Crippen LogP contribution in [0.15, 0.2) is 24.3 Å². The third kappa shape index (κ3) is 3.57. The number of esters is 1. The number of hydrogen-bond donors (Lipinski definition) is 3. The molecule has 0 radical (unpaired) electrons. The zero-order valence-electron chi connectivity index (χ0n) is 7.96. The van der Waals surface area contributed by atoms with Gasteiger partial charge in [-0.25, -0.2) is 4.79 Å². The highest BCUT2D eigenvalue weighted by Gasteiger charge is 2.10. The van der Waals surface area contributed by atoms with Gasteiger partial charge < -0.3 is 20.1 Å². The molecule has 0 unspecified atom stereocenters. The lowest BCUT2D eigenvalue weighted by Crippen LogP contribution is -2.21. The molecule has 0 fully saturated rings. The van der Waals surface area contributed by atoms with Crippen LogP contribution in [0.25, 0.3) is 0 Å². The van der Waals surface area contributed by atoms with E-state index < -0.39 is 18.7 Å². The third-order valence-corrected chi connectivity index (χ3v) is 1.70. The number of aromatic hydroxyl groups is 1. The Morgan fingerprint density at radius 3 is 2.80 bits per heavy atom. The molecule has 82 valence electrons. The molecule has 1 rings (SSSR count). The van der Waals surface area contributed by atoms with Crippen molar-refractivity contribution in [2.75, 3.05) is 13.2 Å². The van der Waals surface area contributed by atoms with Crippen molar-refractivity contribution in [3.8, 4) is 5.75 Å². The molecule has 0 aromatic heterocycles. The van der Waals surface area contributed by atoms with Gasteiger partial charge in [-0.15, -0.1) is 0 Å². The van der Waals surface area contributed by atoms with E-state index in [1.165, 1.54) is 24.3 Å². The second kappa shape index (κ2) is 5.33. The lowest BCUT2D eigenvalue weighted by molar-refractivity contribution is 0.00931. The maximum absolute atomic E-state index is 11.3. The standard InChI is InChI=1S/C10H12O5/c11-5-9(13)6-15-10(14)7-2-1-3-8(12)4-7/h1-4,9,11-13H,5-6H2/t9-/m1/s1. The van der Waals surface area contributed by atoms with Gasteiger partial charge in [-0.2, -0.15) is 0 Å². The molecule has 15 heavy (non-hydrogen) atoms. The minimum atomic E-state index is -1.08. The minimum absolute atomic E-state index is 0.0350. The highest BCUT2D eigenvalue weighted by Crippen LogP contribution is 2.11. The Balaban J connectivity index is 2.54. The van der Waals surface area contributed by atoms with Crippen molar-refractivity contribution in [1.82, 2.24) is 0 Å². The van der Waals surface area contributed by atoms with Crippen molar-refractivity contribution in [1.29, 1.82) is 0 Å². The van der Waals surface area contributed by atoms with Crippen molar-refractivity contribution < 1.29 is 24.9 Å². The summed E-state index contributed by atoms with van der Waals surface area (Å²) in [6.07, 6.45) is -1.08. The maximum Gasteiger partial charge on any atom is 0.338 e. The maximum atomic E-state index is 11.3. The van der Waals surface area contributed by atoms with Crippen molar-refractivity contribution in [3.05, 3.63) is 29.8 Å². The van der Waals surface area contributed by atoms with Gasteiger partial charge in [0.25, 0.3) is 0 Å². The second-order valence-corrected chi connectivity index (χ2v) is 2.99. The summed E-state index contributed by atoms with van der Waals surface area (Å²) in [5, 5.41) is 26.5. The molecule has 0 saturated heterocycles. The summed E-state index contributed by atoms with van der Waals surface area (Å²) in [6, 6.07) is 5.68. The average molecular weight is 212 g/mol. The molecule has 5 heteroatoms. The van der Waals surface area contributed by atoms with E-state index in [9.17, 15) is 4.79 Å². The van der Waals surface area contributed by atoms with Gasteiger partial charge in [-0.1, -0.05) is 6.07 Å². The molecule has 0 aliphatic carbocycles. The Hall–Kier alpha value is -1.59. The van der Waals surface area contributed by atoms with Gasteiger partial charge in [0.2, 0.25) is 0 Å². The first-order valence-corrected chi connectivity index (χ1v) is 4.38. The molecular formula is C10H12O5. The fraction of sp³-hybridized carbons (Fsp3) is 0.300. The molecule has 3 N–H and O–H groups in total. The first-order valence-electron chi connectivity index (χ1n) is 4.38. The predicted octanol–water partition coefficient (Wildman–Crippen LogP) is -0.0978. The number of hydrogen-bond acceptors (Lipinski definition) is 5. The van der Waals surface area contributed by atoms with Gasteiger partial charge in [0.1, 0.15) is 18.5 Å². The number of rotatable bonds is 4. The average Bonchev–Trinajstić information content (AvgIpc) is 2.25. The van der Waals surface area contributed by atoms with Gasteiger partial charge in [0, 0.05) is 0 Å². The molecule has 0 aliphatic heterocycles. The van der Waals surface area contributed by atoms with Gasteiger partial charge in [0.15, 0.2) is 0 Å². The zero-order chi connectivity index (χ0) is 11.3. The number of carbonyl (C=O) groups is 1. The Kier molecular flexibility index (Phi) is 4.08. The van der Waals surface area contributed by atoms with E-state index in [2.05, 4.69) is 4.74 Å². The molecule has 1 aromatic rings. The fourth-order valence-corrected chi connectivity index (χ4v) is 0.941. The third-order valence-electron chi connectivity index (χ3n) is 1.70. The van der Waals surface area contributed by atoms with Crippen LogP contribution < -0.4 is 0 Å². The molecule has 0 spiro atoms. The van der Waals surface area contributed by atoms with Crippen LogP contribution in [0.5, 0.6) is 5.75 Å². The number of ether oxygens (including phenoxy) is 1.